The smallest absolute Gasteiger partial charge is 0.325 e. The maximum absolute atomic E-state index is 13.2. The van der Waals surface area contributed by atoms with Crippen molar-refractivity contribution in [3.05, 3.63) is 29.3 Å². The molecule has 8 heteroatoms. The zero-order chi connectivity index (χ0) is 21.0. The van der Waals surface area contributed by atoms with Gasteiger partial charge in [-0.2, -0.15) is 0 Å². The van der Waals surface area contributed by atoms with Gasteiger partial charge < -0.3 is 24.6 Å². The molecule has 2 aliphatic heterocycles. The lowest BCUT2D eigenvalue weighted by atomic mass is 9.90. The maximum atomic E-state index is 13.2. The fraction of sp³-hybridized carbons (Fsp3) is 0.571. The van der Waals surface area contributed by atoms with Gasteiger partial charge in [-0.25, -0.2) is 0 Å². The van der Waals surface area contributed by atoms with Crippen LogP contribution < -0.4 is 10.1 Å². The molecule has 1 aromatic rings. The highest BCUT2D eigenvalue weighted by Gasteiger charge is 2.42. The topological polar surface area (TPSA) is 88.2 Å². The number of amides is 2. The normalized spacial score (nSPS) is 18.6. The van der Waals surface area contributed by atoms with Crippen molar-refractivity contribution < 1.29 is 23.9 Å². The fourth-order valence-corrected chi connectivity index (χ4v) is 3.78. The Morgan fingerprint density at radius 3 is 2.69 bits per heavy atom. The zero-order valence-electron chi connectivity index (χ0n) is 17.3. The van der Waals surface area contributed by atoms with Crippen LogP contribution in [0.25, 0.3) is 0 Å². The number of fused-ring (bicyclic) bond motifs is 1. The van der Waals surface area contributed by atoms with E-state index in [0.29, 0.717) is 17.9 Å². The molecule has 2 amide bonds. The van der Waals surface area contributed by atoms with E-state index < -0.39 is 17.5 Å². The predicted octanol–water partition coefficient (Wildman–Crippen LogP) is 0.973. The van der Waals surface area contributed by atoms with Crippen LogP contribution in [0.4, 0.5) is 0 Å². The largest absolute Gasteiger partial charge is 0.484 e. The van der Waals surface area contributed by atoms with Crippen molar-refractivity contribution in [3.63, 3.8) is 0 Å². The number of nitrogens with zero attached hydrogens (tertiary/aromatic N) is 2. The lowest BCUT2D eigenvalue weighted by Crippen LogP contribution is -2.54. The third kappa shape index (κ3) is 5.06. The third-order valence-electron chi connectivity index (χ3n) is 5.43. The van der Waals surface area contributed by atoms with Gasteiger partial charge in [-0.15, -0.1) is 0 Å². The summed E-state index contributed by atoms with van der Waals surface area (Å²) < 4.78 is 11.2. The Hall–Kier alpha value is -2.61. The van der Waals surface area contributed by atoms with Crippen molar-refractivity contribution in [2.45, 2.75) is 32.3 Å². The van der Waals surface area contributed by atoms with Crippen LogP contribution in [0.15, 0.2) is 18.2 Å². The van der Waals surface area contributed by atoms with Gasteiger partial charge in [0.2, 0.25) is 5.91 Å². The number of hydrogen-bond donors (Lipinski definition) is 1. The Morgan fingerprint density at radius 2 is 2.00 bits per heavy atom. The molecular weight excluding hydrogens is 374 g/mol. The van der Waals surface area contributed by atoms with Gasteiger partial charge in [0, 0.05) is 25.9 Å². The van der Waals surface area contributed by atoms with Crippen LogP contribution in [0.1, 0.15) is 35.7 Å². The average molecular weight is 403 g/mol. The molecule has 0 saturated carbocycles. The molecule has 2 heterocycles. The number of carbonyl (C=O) groups excluding carboxylic acids is 3. The monoisotopic (exact) mass is 403 g/mol. The lowest BCUT2D eigenvalue weighted by Gasteiger charge is -2.41. The van der Waals surface area contributed by atoms with E-state index in [2.05, 4.69) is 17.3 Å². The molecule has 158 valence electrons. The van der Waals surface area contributed by atoms with Gasteiger partial charge in [0.05, 0.1) is 18.7 Å². The summed E-state index contributed by atoms with van der Waals surface area (Å²) in [6.45, 7) is 5.58. The van der Waals surface area contributed by atoms with E-state index in [1.165, 1.54) is 4.90 Å². The summed E-state index contributed by atoms with van der Waals surface area (Å²) in [6, 6.07) is 5.57. The van der Waals surface area contributed by atoms with Crippen LogP contribution in [-0.4, -0.2) is 79.6 Å². The molecule has 1 aromatic carbocycles. The average Bonchev–Trinajstić information content (AvgIpc) is 2.79. The molecular formula is C21H29N3O5. The minimum absolute atomic E-state index is 0.132. The number of nitrogens with one attached hydrogen (secondary N) is 1. The first kappa shape index (κ1) is 21.1. The van der Waals surface area contributed by atoms with Gasteiger partial charge in [-0.1, -0.05) is 11.6 Å². The summed E-state index contributed by atoms with van der Waals surface area (Å²) in [6.07, 6.45) is 1.54. The van der Waals surface area contributed by atoms with Gasteiger partial charge in [0.25, 0.3) is 5.91 Å². The van der Waals surface area contributed by atoms with E-state index in [-0.39, 0.29) is 25.6 Å². The Bertz CT molecular complexity index is 787. The van der Waals surface area contributed by atoms with Crippen LogP contribution in [-0.2, 0) is 14.3 Å². The first-order valence-corrected chi connectivity index (χ1v) is 10.0. The van der Waals surface area contributed by atoms with E-state index in [4.69, 9.17) is 9.47 Å². The number of likely N-dealkylation sites (tertiary alicyclic amines) is 1. The highest BCUT2D eigenvalue weighted by atomic mass is 16.5. The van der Waals surface area contributed by atoms with Crippen LogP contribution in [0.2, 0.25) is 0 Å². The Kier molecular flexibility index (Phi) is 6.42. The number of ether oxygens (including phenoxy) is 2. The Labute approximate surface area is 171 Å². The third-order valence-corrected chi connectivity index (χ3v) is 5.43. The summed E-state index contributed by atoms with van der Waals surface area (Å²) in [5.41, 5.74) is 0.898. The number of benzene rings is 1. The second-order valence-electron chi connectivity index (χ2n) is 7.83. The van der Waals surface area contributed by atoms with Gasteiger partial charge in [0.1, 0.15) is 24.4 Å². The van der Waals surface area contributed by atoms with E-state index in [1.54, 1.807) is 13.0 Å². The molecule has 0 bridgehead atoms. The van der Waals surface area contributed by atoms with Gasteiger partial charge in [-0.3, -0.25) is 14.4 Å². The highest BCUT2D eigenvalue weighted by Crippen LogP contribution is 2.35. The second kappa shape index (κ2) is 8.82. The molecule has 3 rings (SSSR count). The molecule has 1 spiro atoms. The Morgan fingerprint density at radius 1 is 1.28 bits per heavy atom. The van der Waals surface area contributed by atoms with Crippen LogP contribution in [0.3, 0.4) is 0 Å². The van der Waals surface area contributed by atoms with Crippen molar-refractivity contribution in [1.82, 2.24) is 15.1 Å². The quantitative estimate of drug-likeness (QED) is 0.738. The van der Waals surface area contributed by atoms with Crippen molar-refractivity contribution in [1.29, 1.82) is 0 Å². The molecule has 1 saturated heterocycles. The molecule has 0 atom stereocenters. The van der Waals surface area contributed by atoms with Crippen molar-refractivity contribution >= 4 is 17.8 Å². The summed E-state index contributed by atoms with van der Waals surface area (Å²) in [7, 11) is 2.06. The summed E-state index contributed by atoms with van der Waals surface area (Å²) in [5, 5.41) is 2.53. The molecule has 8 nitrogen and oxygen atoms in total. The highest BCUT2D eigenvalue weighted by molar-refractivity contribution is 5.99. The van der Waals surface area contributed by atoms with Gasteiger partial charge in [0.15, 0.2) is 0 Å². The van der Waals surface area contributed by atoms with Crippen molar-refractivity contribution in [3.8, 4) is 5.75 Å². The van der Waals surface area contributed by atoms with Crippen molar-refractivity contribution in [2.24, 2.45) is 0 Å². The van der Waals surface area contributed by atoms with E-state index in [1.807, 2.05) is 19.1 Å². The minimum atomic E-state index is -0.524. The molecule has 1 N–H and O–H groups in total. The van der Waals surface area contributed by atoms with Gasteiger partial charge in [-0.05, 0) is 33.0 Å². The molecule has 1 fully saturated rings. The van der Waals surface area contributed by atoms with Crippen LogP contribution in [0.5, 0.6) is 5.75 Å². The van der Waals surface area contributed by atoms with E-state index in [9.17, 15) is 14.4 Å². The predicted molar refractivity (Wildman–Crippen MR) is 107 cm³/mol. The zero-order valence-corrected chi connectivity index (χ0v) is 17.3. The first-order valence-electron chi connectivity index (χ1n) is 10.0. The van der Waals surface area contributed by atoms with Crippen molar-refractivity contribution in [2.75, 3.05) is 46.4 Å². The fourth-order valence-electron chi connectivity index (χ4n) is 3.78. The molecule has 0 unspecified atom stereocenters. The number of esters is 1. The second-order valence-corrected chi connectivity index (χ2v) is 7.83. The SMILES string of the molecule is CCOC(=O)CNC(=O)CN1CC2(CCN(C)CC2)Oc2ccc(C)cc2C1=O. The molecule has 0 aromatic heterocycles. The number of carbonyl (C=O) groups is 3. The van der Waals surface area contributed by atoms with Crippen LogP contribution >= 0.6 is 0 Å². The number of rotatable bonds is 5. The van der Waals surface area contributed by atoms with E-state index in [0.717, 1.165) is 31.5 Å². The molecule has 29 heavy (non-hydrogen) atoms. The maximum Gasteiger partial charge on any atom is 0.325 e. The summed E-state index contributed by atoms with van der Waals surface area (Å²) in [5.74, 6) is -0.560. The molecule has 2 aliphatic rings. The van der Waals surface area contributed by atoms with Crippen LogP contribution in [0, 0.1) is 6.92 Å². The number of aryl methyl sites for hydroxylation is 1. The summed E-state index contributed by atoms with van der Waals surface area (Å²) >= 11 is 0. The van der Waals surface area contributed by atoms with Gasteiger partial charge >= 0.3 is 5.97 Å². The first-order chi connectivity index (χ1) is 13.8. The standard InChI is InChI=1S/C21H29N3O5/c1-4-28-19(26)12-22-18(25)13-24-14-21(7-9-23(3)10-8-21)29-17-6-5-15(2)11-16(17)20(24)27/h5-6,11H,4,7-10,12-14H2,1-3H3,(H,22,25). The number of hydrogen-bond acceptors (Lipinski definition) is 6. The molecule has 0 radical (unpaired) electrons. The van der Waals surface area contributed by atoms with E-state index >= 15 is 0 Å². The number of piperidine rings is 1. The summed E-state index contributed by atoms with van der Waals surface area (Å²) in [4.78, 5) is 40.9. The lowest BCUT2D eigenvalue weighted by molar-refractivity contribution is -0.143. The molecule has 0 aliphatic carbocycles. The minimum Gasteiger partial charge on any atom is -0.484 e. The Balaban J connectivity index is 1.80.